The van der Waals surface area contributed by atoms with Crippen LogP contribution in [0.1, 0.15) is 44.7 Å². The molecule has 0 spiro atoms. The van der Waals surface area contributed by atoms with Crippen LogP contribution in [0, 0.1) is 6.92 Å². The largest absolute Gasteiger partial charge is 0.444 e. The van der Waals surface area contributed by atoms with Gasteiger partial charge < -0.3 is 15.4 Å². The number of aryl methyl sites for hydroxylation is 1. The molecule has 1 rings (SSSR count). The van der Waals surface area contributed by atoms with Gasteiger partial charge in [0, 0.05) is 17.5 Å². The molecule has 0 saturated carbocycles. The van der Waals surface area contributed by atoms with E-state index in [-0.39, 0.29) is 12.1 Å². The highest BCUT2D eigenvalue weighted by atomic mass is 32.1. The predicted molar refractivity (Wildman–Crippen MR) is 82.0 cm³/mol. The number of carbonyl (C=O) groups is 1. The minimum atomic E-state index is -0.453. The molecule has 0 radical (unpaired) electrons. The van der Waals surface area contributed by atoms with Gasteiger partial charge in [-0.2, -0.15) is 0 Å². The number of aromatic nitrogens is 1. The van der Waals surface area contributed by atoms with Crippen LogP contribution in [0.4, 0.5) is 4.79 Å². The molecule has 0 aromatic carbocycles. The van der Waals surface area contributed by atoms with Crippen molar-refractivity contribution in [3.63, 3.8) is 0 Å². The molecule has 5 nitrogen and oxygen atoms in total. The molecule has 1 atom stereocenters. The lowest BCUT2D eigenvalue weighted by molar-refractivity contribution is 0.0506. The molecule has 0 saturated heterocycles. The lowest BCUT2D eigenvalue weighted by atomic mass is 10.2. The number of hydrogen-bond acceptors (Lipinski definition) is 5. The van der Waals surface area contributed by atoms with E-state index in [2.05, 4.69) is 15.6 Å². The molecule has 2 N–H and O–H groups in total. The summed E-state index contributed by atoms with van der Waals surface area (Å²) in [6.45, 7) is 11.2. The number of amides is 1. The molecule has 0 aliphatic rings. The summed E-state index contributed by atoms with van der Waals surface area (Å²) in [5.74, 6) is 0. The van der Waals surface area contributed by atoms with Gasteiger partial charge in [0.15, 0.2) is 0 Å². The average Bonchev–Trinajstić information content (AvgIpc) is 2.67. The van der Waals surface area contributed by atoms with Crippen LogP contribution >= 0.6 is 11.3 Å². The number of rotatable bonds is 6. The smallest absolute Gasteiger partial charge is 0.407 e. The highest BCUT2D eigenvalue weighted by molar-refractivity contribution is 7.09. The molecule has 0 bridgehead atoms. The van der Waals surface area contributed by atoms with Crippen LogP contribution in [0.5, 0.6) is 0 Å². The molecule has 1 unspecified atom stereocenters. The van der Waals surface area contributed by atoms with Crippen molar-refractivity contribution in [2.24, 2.45) is 0 Å². The maximum Gasteiger partial charge on any atom is 0.407 e. The van der Waals surface area contributed by atoms with Gasteiger partial charge >= 0.3 is 6.09 Å². The quantitative estimate of drug-likeness (QED) is 0.793. The monoisotopic (exact) mass is 299 g/mol. The Balaban J connectivity index is 2.15. The zero-order valence-electron chi connectivity index (χ0n) is 12.9. The van der Waals surface area contributed by atoms with E-state index in [0.717, 1.165) is 25.2 Å². The fourth-order valence-electron chi connectivity index (χ4n) is 1.60. The number of thiazole rings is 1. The summed E-state index contributed by atoms with van der Waals surface area (Å²) in [7, 11) is 0. The van der Waals surface area contributed by atoms with Gasteiger partial charge in [0.05, 0.1) is 11.2 Å². The van der Waals surface area contributed by atoms with Gasteiger partial charge in [-0.1, -0.05) is 0 Å². The molecule has 1 aromatic heterocycles. The fraction of sp³-hybridized carbons (Fsp3) is 0.714. The second-order valence-electron chi connectivity index (χ2n) is 5.87. The summed E-state index contributed by atoms with van der Waals surface area (Å²) in [6, 6.07) is 0.0832. The van der Waals surface area contributed by atoms with Crippen molar-refractivity contribution in [1.29, 1.82) is 0 Å². The van der Waals surface area contributed by atoms with E-state index in [1.165, 1.54) is 4.88 Å². The van der Waals surface area contributed by atoms with Gasteiger partial charge in [0.1, 0.15) is 5.60 Å². The Morgan fingerprint density at radius 2 is 2.20 bits per heavy atom. The van der Waals surface area contributed by atoms with E-state index < -0.39 is 5.60 Å². The van der Waals surface area contributed by atoms with E-state index in [1.54, 1.807) is 11.3 Å². The maximum atomic E-state index is 11.6. The third-order valence-electron chi connectivity index (χ3n) is 2.65. The molecule has 0 aliphatic carbocycles. The number of nitrogens with zero attached hydrogens (tertiary/aromatic N) is 1. The van der Waals surface area contributed by atoms with E-state index in [9.17, 15) is 4.79 Å². The lowest BCUT2D eigenvalue weighted by Gasteiger charge is -2.22. The van der Waals surface area contributed by atoms with Crippen molar-refractivity contribution in [2.75, 3.05) is 6.54 Å². The van der Waals surface area contributed by atoms with Crippen LogP contribution in [-0.4, -0.2) is 29.3 Å². The Morgan fingerprint density at radius 3 is 2.75 bits per heavy atom. The van der Waals surface area contributed by atoms with Gasteiger partial charge in [-0.05, 0) is 47.6 Å². The molecule has 6 heteroatoms. The Labute approximate surface area is 125 Å². The molecular formula is C14H25N3O2S. The van der Waals surface area contributed by atoms with Crippen LogP contribution in [-0.2, 0) is 11.3 Å². The Kier molecular flexibility index (Phi) is 6.42. The van der Waals surface area contributed by atoms with Gasteiger partial charge in [-0.15, -0.1) is 11.3 Å². The van der Waals surface area contributed by atoms with Crippen molar-refractivity contribution in [2.45, 2.75) is 59.2 Å². The minimum absolute atomic E-state index is 0.0832. The fourth-order valence-corrected chi connectivity index (χ4v) is 2.34. The van der Waals surface area contributed by atoms with Crippen LogP contribution in [0.2, 0.25) is 0 Å². The molecular weight excluding hydrogens is 274 g/mol. The van der Waals surface area contributed by atoms with Crippen molar-refractivity contribution >= 4 is 17.4 Å². The van der Waals surface area contributed by atoms with E-state index in [4.69, 9.17) is 4.74 Å². The van der Waals surface area contributed by atoms with Crippen molar-refractivity contribution < 1.29 is 9.53 Å². The number of alkyl carbamates (subject to hydrolysis) is 1. The molecule has 0 aliphatic heterocycles. The van der Waals surface area contributed by atoms with E-state index in [1.807, 2.05) is 40.1 Å². The summed E-state index contributed by atoms with van der Waals surface area (Å²) in [5.41, 5.74) is 2.49. The second kappa shape index (κ2) is 7.59. The zero-order chi connectivity index (χ0) is 15.2. The Morgan fingerprint density at radius 1 is 1.50 bits per heavy atom. The molecule has 1 heterocycles. The highest BCUT2D eigenvalue weighted by Crippen LogP contribution is 2.11. The minimum Gasteiger partial charge on any atom is -0.444 e. The molecule has 1 amide bonds. The standard InChI is InChI=1S/C14H25N3O2S/c1-10(17-13(18)19-14(3,4)5)6-7-15-8-12-11(2)16-9-20-12/h9-10,15H,6-8H2,1-5H3,(H,17,18). The third-order valence-corrected chi connectivity index (χ3v) is 3.58. The number of carbonyl (C=O) groups excluding carboxylic acids is 1. The summed E-state index contributed by atoms with van der Waals surface area (Å²) in [4.78, 5) is 17.0. The average molecular weight is 299 g/mol. The van der Waals surface area contributed by atoms with E-state index in [0.29, 0.717) is 0 Å². The first-order valence-corrected chi connectivity index (χ1v) is 7.75. The third kappa shape index (κ3) is 6.86. The Hall–Kier alpha value is -1.14. The zero-order valence-corrected chi connectivity index (χ0v) is 13.8. The number of nitrogens with one attached hydrogen (secondary N) is 2. The molecule has 114 valence electrons. The van der Waals surface area contributed by atoms with Gasteiger partial charge in [0.2, 0.25) is 0 Å². The molecule has 0 fully saturated rings. The van der Waals surface area contributed by atoms with Gasteiger partial charge in [-0.25, -0.2) is 9.78 Å². The van der Waals surface area contributed by atoms with Gasteiger partial charge in [-0.3, -0.25) is 0 Å². The van der Waals surface area contributed by atoms with Crippen LogP contribution in [0.15, 0.2) is 5.51 Å². The normalized spacial score (nSPS) is 13.1. The van der Waals surface area contributed by atoms with E-state index >= 15 is 0 Å². The van der Waals surface area contributed by atoms with Crippen LogP contribution < -0.4 is 10.6 Å². The summed E-state index contributed by atoms with van der Waals surface area (Å²) in [5, 5.41) is 6.19. The summed E-state index contributed by atoms with van der Waals surface area (Å²) >= 11 is 1.66. The SMILES string of the molecule is Cc1ncsc1CNCCC(C)NC(=O)OC(C)(C)C. The van der Waals surface area contributed by atoms with Gasteiger partial charge in [0.25, 0.3) is 0 Å². The maximum absolute atomic E-state index is 11.6. The molecule has 1 aromatic rings. The first kappa shape index (κ1) is 16.9. The predicted octanol–water partition coefficient (Wildman–Crippen LogP) is 2.84. The first-order chi connectivity index (χ1) is 9.28. The number of hydrogen-bond donors (Lipinski definition) is 2. The number of ether oxygens (including phenoxy) is 1. The molecule has 20 heavy (non-hydrogen) atoms. The Bertz CT molecular complexity index is 426. The van der Waals surface area contributed by atoms with Crippen molar-refractivity contribution in [3.05, 3.63) is 16.1 Å². The topological polar surface area (TPSA) is 63.2 Å². The first-order valence-electron chi connectivity index (χ1n) is 6.87. The second-order valence-corrected chi connectivity index (χ2v) is 6.81. The lowest BCUT2D eigenvalue weighted by Crippen LogP contribution is -2.38. The highest BCUT2D eigenvalue weighted by Gasteiger charge is 2.17. The van der Waals surface area contributed by atoms with Crippen LogP contribution in [0.3, 0.4) is 0 Å². The van der Waals surface area contributed by atoms with Crippen molar-refractivity contribution in [1.82, 2.24) is 15.6 Å². The van der Waals surface area contributed by atoms with Crippen LogP contribution in [0.25, 0.3) is 0 Å². The summed E-state index contributed by atoms with van der Waals surface area (Å²) < 4.78 is 5.21. The summed E-state index contributed by atoms with van der Waals surface area (Å²) in [6.07, 6.45) is 0.500. The van der Waals surface area contributed by atoms with Crippen molar-refractivity contribution in [3.8, 4) is 0 Å².